The molecule has 1 aromatic heterocycles. The third-order valence-electron chi connectivity index (χ3n) is 5.03. The molecule has 0 saturated carbocycles. The van der Waals surface area contributed by atoms with E-state index in [1.165, 1.54) is 4.31 Å². The van der Waals surface area contributed by atoms with Gasteiger partial charge in [0.25, 0.3) is 10.2 Å². The molecule has 0 bridgehead atoms. The molecule has 3 rings (SSSR count). The minimum Gasteiger partial charge on any atom is -0.493 e. The van der Waals surface area contributed by atoms with Gasteiger partial charge in [-0.2, -0.15) is 22.1 Å². The molecule has 2 heterocycles. The van der Waals surface area contributed by atoms with Gasteiger partial charge in [-0.15, -0.1) is 0 Å². The maximum atomic E-state index is 12.7. The molecule has 9 heteroatoms. The Morgan fingerprint density at radius 2 is 2.00 bits per heavy atom. The van der Waals surface area contributed by atoms with E-state index in [1.807, 2.05) is 32.0 Å². The van der Waals surface area contributed by atoms with E-state index >= 15 is 0 Å². The predicted octanol–water partition coefficient (Wildman–Crippen LogP) is 3.06. The molecule has 1 aromatic carbocycles. The van der Waals surface area contributed by atoms with Crippen molar-refractivity contribution < 1.29 is 13.2 Å². The monoisotopic (exact) mass is 426 g/mol. The predicted molar refractivity (Wildman–Crippen MR) is 110 cm³/mol. The summed E-state index contributed by atoms with van der Waals surface area (Å²) in [5, 5.41) is 8.13. The average Bonchev–Trinajstić information content (AvgIpc) is 3.34. The van der Waals surface area contributed by atoms with Crippen molar-refractivity contribution in [3.05, 3.63) is 46.7 Å². The van der Waals surface area contributed by atoms with Gasteiger partial charge in [-0.3, -0.25) is 5.10 Å². The van der Waals surface area contributed by atoms with E-state index in [4.69, 9.17) is 16.3 Å². The number of nitrogens with zero attached hydrogens (tertiary/aromatic N) is 3. The standard InChI is InChI=1S/C19H27ClN4O3S/c1-3-23(4-2)28(25,26)24-11-9-15(14-24)19-13-17(21-22-19)10-12-27-18-7-5-16(20)6-8-18/h5-8,13,15H,3-4,9-12,14H2,1-2H3,(H,21,22)/t15-/m0/s1. The number of hydrogen-bond acceptors (Lipinski definition) is 4. The van der Waals surface area contributed by atoms with Crippen molar-refractivity contribution in [2.24, 2.45) is 0 Å². The molecule has 154 valence electrons. The highest BCUT2D eigenvalue weighted by atomic mass is 35.5. The minimum atomic E-state index is -3.38. The van der Waals surface area contributed by atoms with Crippen LogP contribution in [0.15, 0.2) is 30.3 Å². The lowest BCUT2D eigenvalue weighted by molar-refractivity contribution is 0.320. The second-order valence-electron chi connectivity index (χ2n) is 6.81. The van der Waals surface area contributed by atoms with Gasteiger partial charge in [0, 0.05) is 49.2 Å². The molecule has 1 aliphatic heterocycles. The third-order valence-corrected chi connectivity index (χ3v) is 7.44. The maximum absolute atomic E-state index is 12.7. The van der Waals surface area contributed by atoms with Crippen molar-refractivity contribution in [3.63, 3.8) is 0 Å². The molecule has 2 aromatic rings. The molecule has 7 nitrogen and oxygen atoms in total. The van der Waals surface area contributed by atoms with Crippen LogP contribution in [0.1, 0.15) is 37.6 Å². The number of H-pyrrole nitrogens is 1. The highest BCUT2D eigenvalue weighted by Gasteiger charge is 2.35. The minimum absolute atomic E-state index is 0.118. The molecule has 1 aliphatic rings. The van der Waals surface area contributed by atoms with Crippen molar-refractivity contribution in [2.75, 3.05) is 32.8 Å². The molecule has 0 radical (unpaired) electrons. The van der Waals surface area contributed by atoms with E-state index in [9.17, 15) is 8.42 Å². The number of rotatable bonds is 9. The summed E-state index contributed by atoms with van der Waals surface area (Å²) in [6, 6.07) is 9.28. The van der Waals surface area contributed by atoms with Gasteiger partial charge in [0.05, 0.1) is 12.3 Å². The van der Waals surface area contributed by atoms with Gasteiger partial charge in [0.2, 0.25) is 0 Å². The fourth-order valence-electron chi connectivity index (χ4n) is 3.42. The fraction of sp³-hybridized carbons (Fsp3) is 0.526. The van der Waals surface area contributed by atoms with E-state index in [-0.39, 0.29) is 5.92 Å². The van der Waals surface area contributed by atoms with Crippen molar-refractivity contribution in [1.29, 1.82) is 0 Å². The first-order chi connectivity index (χ1) is 13.4. The van der Waals surface area contributed by atoms with Crippen molar-refractivity contribution in [3.8, 4) is 5.75 Å². The first-order valence-electron chi connectivity index (χ1n) is 9.61. The van der Waals surface area contributed by atoms with Gasteiger partial charge < -0.3 is 4.74 Å². The van der Waals surface area contributed by atoms with Crippen molar-refractivity contribution >= 4 is 21.8 Å². The Bertz CT molecular complexity index is 866. The highest BCUT2D eigenvalue weighted by molar-refractivity contribution is 7.86. The topological polar surface area (TPSA) is 78.5 Å². The van der Waals surface area contributed by atoms with Gasteiger partial charge in [-0.25, -0.2) is 0 Å². The molecule has 0 unspecified atom stereocenters. The van der Waals surface area contributed by atoms with E-state index in [2.05, 4.69) is 10.2 Å². The van der Waals surface area contributed by atoms with E-state index < -0.39 is 10.2 Å². The van der Waals surface area contributed by atoms with E-state index in [0.717, 1.165) is 23.6 Å². The van der Waals surface area contributed by atoms with Gasteiger partial charge in [-0.1, -0.05) is 25.4 Å². The lowest BCUT2D eigenvalue weighted by Gasteiger charge is -2.25. The zero-order chi connectivity index (χ0) is 20.1. The second-order valence-corrected chi connectivity index (χ2v) is 9.17. The molecule has 1 saturated heterocycles. The molecule has 1 atom stereocenters. The SMILES string of the molecule is CCN(CC)S(=O)(=O)N1CC[C@H](c2cc(CCOc3ccc(Cl)cc3)[nH]n2)C1. The van der Waals surface area contributed by atoms with Crippen LogP contribution in [-0.2, 0) is 16.6 Å². The smallest absolute Gasteiger partial charge is 0.281 e. The molecule has 0 amide bonds. The Kier molecular flexibility index (Phi) is 6.98. The van der Waals surface area contributed by atoms with Gasteiger partial charge in [-0.05, 0) is 36.8 Å². The summed E-state index contributed by atoms with van der Waals surface area (Å²) >= 11 is 5.87. The number of hydrogen-bond donors (Lipinski definition) is 1. The molecule has 0 spiro atoms. The summed E-state index contributed by atoms with van der Waals surface area (Å²) < 4.78 is 34.1. The maximum Gasteiger partial charge on any atom is 0.281 e. The zero-order valence-corrected chi connectivity index (χ0v) is 17.8. The van der Waals surface area contributed by atoms with Crippen LogP contribution in [-0.4, -0.2) is 60.0 Å². The summed E-state index contributed by atoms with van der Waals surface area (Å²) in [5.41, 5.74) is 1.90. The van der Waals surface area contributed by atoms with Crippen LogP contribution in [0.5, 0.6) is 5.75 Å². The molecule has 1 fully saturated rings. The Hall–Kier alpha value is -1.61. The average molecular weight is 427 g/mol. The van der Waals surface area contributed by atoms with Crippen LogP contribution in [0.4, 0.5) is 0 Å². The lowest BCUT2D eigenvalue weighted by atomic mass is 10.0. The second kappa shape index (κ2) is 9.26. The molecular weight excluding hydrogens is 400 g/mol. The first-order valence-corrected chi connectivity index (χ1v) is 11.4. The van der Waals surface area contributed by atoms with Gasteiger partial charge in [0.1, 0.15) is 5.75 Å². The number of aromatic amines is 1. The van der Waals surface area contributed by atoms with Crippen molar-refractivity contribution in [2.45, 2.75) is 32.6 Å². The van der Waals surface area contributed by atoms with Gasteiger partial charge in [0.15, 0.2) is 0 Å². The molecule has 0 aliphatic carbocycles. The largest absolute Gasteiger partial charge is 0.493 e. The Morgan fingerprint density at radius 3 is 2.68 bits per heavy atom. The first kappa shape index (κ1) is 21.1. The lowest BCUT2D eigenvalue weighted by Crippen LogP contribution is -2.42. The number of halogens is 1. The zero-order valence-electron chi connectivity index (χ0n) is 16.3. The Morgan fingerprint density at radius 1 is 1.29 bits per heavy atom. The molecule has 28 heavy (non-hydrogen) atoms. The Balaban J connectivity index is 1.53. The third kappa shape index (κ3) is 4.86. The van der Waals surface area contributed by atoms with Gasteiger partial charge >= 0.3 is 0 Å². The summed E-state index contributed by atoms with van der Waals surface area (Å²) in [6.07, 6.45) is 1.48. The quantitative estimate of drug-likeness (QED) is 0.668. The summed E-state index contributed by atoms with van der Waals surface area (Å²) in [7, 11) is -3.38. The fourth-order valence-corrected chi connectivity index (χ4v) is 5.23. The van der Waals surface area contributed by atoms with E-state index in [0.29, 0.717) is 44.2 Å². The van der Waals surface area contributed by atoms with Crippen LogP contribution < -0.4 is 4.74 Å². The molecule has 1 N–H and O–H groups in total. The van der Waals surface area contributed by atoms with Crippen LogP contribution in [0.25, 0.3) is 0 Å². The van der Waals surface area contributed by atoms with Crippen molar-refractivity contribution in [1.82, 2.24) is 18.8 Å². The summed E-state index contributed by atoms with van der Waals surface area (Å²) in [4.78, 5) is 0. The van der Waals surface area contributed by atoms with Crippen LogP contribution >= 0.6 is 11.6 Å². The number of nitrogens with one attached hydrogen (secondary N) is 1. The van der Waals surface area contributed by atoms with E-state index in [1.54, 1.807) is 16.4 Å². The Labute approximate surface area is 171 Å². The number of benzene rings is 1. The number of ether oxygens (including phenoxy) is 1. The van der Waals surface area contributed by atoms with Crippen LogP contribution in [0.2, 0.25) is 5.02 Å². The normalized spacial score (nSPS) is 18.1. The molecular formula is C19H27ClN4O3S. The van der Waals surface area contributed by atoms with Crippen LogP contribution in [0.3, 0.4) is 0 Å². The number of aromatic nitrogens is 2. The van der Waals surface area contributed by atoms with Crippen LogP contribution in [0, 0.1) is 0 Å². The highest BCUT2D eigenvalue weighted by Crippen LogP contribution is 2.29. The summed E-state index contributed by atoms with van der Waals surface area (Å²) in [5.74, 6) is 0.893. The summed E-state index contributed by atoms with van der Waals surface area (Å²) in [6.45, 7) is 6.23.